The standard InChI is InChI=1S/C13H11ClFNOS/c1-16(8-10-3-2-6-18-10)13(17)9-4-5-12(15)11(14)7-9/h2-7H,8H2,1H3. The molecule has 1 aromatic carbocycles. The van der Waals surface area contributed by atoms with E-state index in [9.17, 15) is 9.18 Å². The highest BCUT2D eigenvalue weighted by atomic mass is 35.5. The van der Waals surface area contributed by atoms with Crippen molar-refractivity contribution in [2.24, 2.45) is 0 Å². The molecule has 94 valence electrons. The van der Waals surface area contributed by atoms with Crippen LogP contribution in [-0.2, 0) is 6.54 Å². The summed E-state index contributed by atoms with van der Waals surface area (Å²) < 4.78 is 13.0. The third kappa shape index (κ3) is 2.89. The van der Waals surface area contributed by atoms with E-state index in [1.807, 2.05) is 17.5 Å². The molecule has 0 spiro atoms. The van der Waals surface area contributed by atoms with Crippen LogP contribution >= 0.6 is 22.9 Å². The van der Waals surface area contributed by atoms with E-state index in [-0.39, 0.29) is 10.9 Å². The van der Waals surface area contributed by atoms with Crippen LogP contribution in [-0.4, -0.2) is 17.9 Å². The molecule has 5 heteroatoms. The minimum atomic E-state index is -0.519. The lowest BCUT2D eigenvalue weighted by Crippen LogP contribution is -2.25. The average Bonchev–Trinajstić information content (AvgIpc) is 2.84. The van der Waals surface area contributed by atoms with Crippen molar-refractivity contribution in [3.05, 3.63) is 57.0 Å². The number of nitrogens with zero attached hydrogens (tertiary/aromatic N) is 1. The lowest BCUT2D eigenvalue weighted by atomic mass is 10.2. The Hall–Kier alpha value is -1.39. The number of carbonyl (C=O) groups is 1. The lowest BCUT2D eigenvalue weighted by molar-refractivity contribution is 0.0786. The Morgan fingerprint density at radius 3 is 2.83 bits per heavy atom. The number of benzene rings is 1. The molecule has 0 aliphatic heterocycles. The van der Waals surface area contributed by atoms with Gasteiger partial charge in [0.2, 0.25) is 0 Å². The molecule has 2 rings (SSSR count). The van der Waals surface area contributed by atoms with Crippen molar-refractivity contribution in [1.29, 1.82) is 0 Å². The van der Waals surface area contributed by atoms with Crippen LogP contribution in [0.4, 0.5) is 4.39 Å². The molecule has 0 saturated carbocycles. The van der Waals surface area contributed by atoms with Crippen LogP contribution in [0.2, 0.25) is 5.02 Å². The zero-order valence-electron chi connectivity index (χ0n) is 9.69. The molecule has 0 N–H and O–H groups in total. The van der Waals surface area contributed by atoms with E-state index in [0.717, 1.165) is 4.88 Å². The van der Waals surface area contributed by atoms with Crippen LogP contribution in [0.15, 0.2) is 35.7 Å². The Labute approximate surface area is 114 Å². The molecule has 0 unspecified atom stereocenters. The maximum absolute atomic E-state index is 13.0. The number of thiophene rings is 1. The van der Waals surface area contributed by atoms with E-state index in [2.05, 4.69) is 0 Å². The number of amides is 1. The van der Waals surface area contributed by atoms with Crippen molar-refractivity contribution in [2.45, 2.75) is 6.54 Å². The van der Waals surface area contributed by atoms with E-state index in [1.54, 1.807) is 23.3 Å². The normalized spacial score (nSPS) is 10.4. The molecular formula is C13H11ClFNOS. The fourth-order valence-corrected chi connectivity index (χ4v) is 2.50. The fraction of sp³-hybridized carbons (Fsp3) is 0.154. The Kier molecular flexibility index (Phi) is 3.99. The molecule has 0 fully saturated rings. The molecule has 1 aromatic heterocycles. The molecule has 1 heterocycles. The summed E-state index contributed by atoms with van der Waals surface area (Å²) >= 11 is 7.25. The smallest absolute Gasteiger partial charge is 0.253 e. The van der Waals surface area contributed by atoms with Gasteiger partial charge in [0, 0.05) is 17.5 Å². The maximum Gasteiger partial charge on any atom is 0.253 e. The van der Waals surface area contributed by atoms with Gasteiger partial charge in [-0.15, -0.1) is 11.3 Å². The van der Waals surface area contributed by atoms with Crippen molar-refractivity contribution < 1.29 is 9.18 Å². The van der Waals surface area contributed by atoms with Gasteiger partial charge in [-0.2, -0.15) is 0 Å². The van der Waals surface area contributed by atoms with Crippen LogP contribution in [0, 0.1) is 5.82 Å². The minimum Gasteiger partial charge on any atom is -0.337 e. The topological polar surface area (TPSA) is 20.3 Å². The van der Waals surface area contributed by atoms with Crippen molar-refractivity contribution in [1.82, 2.24) is 4.90 Å². The summed E-state index contributed by atoms with van der Waals surface area (Å²) in [5, 5.41) is 1.92. The summed E-state index contributed by atoms with van der Waals surface area (Å²) in [7, 11) is 1.71. The summed E-state index contributed by atoms with van der Waals surface area (Å²) in [6.07, 6.45) is 0. The summed E-state index contributed by atoms with van der Waals surface area (Å²) in [5.41, 5.74) is 0.389. The van der Waals surface area contributed by atoms with Crippen LogP contribution in [0.1, 0.15) is 15.2 Å². The van der Waals surface area contributed by atoms with Crippen molar-refractivity contribution >= 4 is 28.8 Å². The monoisotopic (exact) mass is 283 g/mol. The zero-order valence-corrected chi connectivity index (χ0v) is 11.3. The highest BCUT2D eigenvalue weighted by molar-refractivity contribution is 7.09. The fourth-order valence-electron chi connectivity index (χ4n) is 1.56. The maximum atomic E-state index is 13.0. The van der Waals surface area contributed by atoms with E-state index in [0.29, 0.717) is 12.1 Å². The van der Waals surface area contributed by atoms with Crippen LogP contribution < -0.4 is 0 Å². The van der Waals surface area contributed by atoms with Gasteiger partial charge >= 0.3 is 0 Å². The molecule has 0 saturated heterocycles. The molecular weight excluding hydrogens is 273 g/mol. The molecule has 2 aromatic rings. The second-order valence-electron chi connectivity index (χ2n) is 3.87. The van der Waals surface area contributed by atoms with Gasteiger partial charge < -0.3 is 4.90 Å². The van der Waals surface area contributed by atoms with Crippen molar-refractivity contribution in [3.63, 3.8) is 0 Å². The Morgan fingerprint density at radius 1 is 1.44 bits per heavy atom. The second kappa shape index (κ2) is 5.50. The van der Waals surface area contributed by atoms with Gasteiger partial charge in [-0.25, -0.2) is 4.39 Å². The lowest BCUT2D eigenvalue weighted by Gasteiger charge is -2.16. The summed E-state index contributed by atoms with van der Waals surface area (Å²) in [6, 6.07) is 7.90. The quantitative estimate of drug-likeness (QED) is 0.839. The first-order chi connectivity index (χ1) is 8.58. The number of rotatable bonds is 3. The average molecular weight is 284 g/mol. The third-order valence-electron chi connectivity index (χ3n) is 2.49. The zero-order chi connectivity index (χ0) is 13.1. The predicted molar refractivity (Wildman–Crippen MR) is 71.5 cm³/mol. The molecule has 1 amide bonds. The SMILES string of the molecule is CN(Cc1cccs1)C(=O)c1ccc(F)c(Cl)c1. The van der Waals surface area contributed by atoms with Gasteiger partial charge in [-0.05, 0) is 29.6 Å². The van der Waals surface area contributed by atoms with Gasteiger partial charge in [0.15, 0.2) is 0 Å². The summed E-state index contributed by atoms with van der Waals surface area (Å²) in [4.78, 5) is 14.8. The van der Waals surface area contributed by atoms with Gasteiger partial charge in [0.1, 0.15) is 5.82 Å². The van der Waals surface area contributed by atoms with Crippen molar-refractivity contribution in [3.8, 4) is 0 Å². The summed E-state index contributed by atoms with van der Waals surface area (Å²) in [6.45, 7) is 0.533. The van der Waals surface area contributed by atoms with Crippen molar-refractivity contribution in [2.75, 3.05) is 7.05 Å². The van der Waals surface area contributed by atoms with Gasteiger partial charge in [-0.3, -0.25) is 4.79 Å². The number of hydrogen-bond acceptors (Lipinski definition) is 2. The Bertz CT molecular complexity index is 556. The van der Waals surface area contributed by atoms with E-state index < -0.39 is 5.82 Å². The first-order valence-electron chi connectivity index (χ1n) is 5.31. The highest BCUT2D eigenvalue weighted by Gasteiger charge is 2.14. The molecule has 2 nitrogen and oxygen atoms in total. The van der Waals surface area contributed by atoms with Gasteiger partial charge in [0.25, 0.3) is 5.91 Å². The number of halogens is 2. The minimum absolute atomic E-state index is 0.0367. The molecule has 0 aliphatic rings. The van der Waals surface area contributed by atoms with Gasteiger partial charge in [0.05, 0.1) is 11.6 Å². The Morgan fingerprint density at radius 2 is 2.22 bits per heavy atom. The first-order valence-corrected chi connectivity index (χ1v) is 6.56. The number of hydrogen-bond donors (Lipinski definition) is 0. The molecule has 0 aliphatic carbocycles. The Balaban J connectivity index is 2.12. The molecule has 0 radical (unpaired) electrons. The first kappa shape index (κ1) is 13.1. The molecule has 18 heavy (non-hydrogen) atoms. The van der Waals surface area contributed by atoms with Crippen LogP contribution in [0.3, 0.4) is 0 Å². The van der Waals surface area contributed by atoms with Crippen LogP contribution in [0.25, 0.3) is 0 Å². The second-order valence-corrected chi connectivity index (χ2v) is 5.31. The van der Waals surface area contributed by atoms with E-state index in [1.165, 1.54) is 18.2 Å². The highest BCUT2D eigenvalue weighted by Crippen LogP contribution is 2.18. The van der Waals surface area contributed by atoms with Crippen LogP contribution in [0.5, 0.6) is 0 Å². The third-order valence-corrected chi connectivity index (χ3v) is 3.64. The largest absolute Gasteiger partial charge is 0.337 e. The number of carbonyl (C=O) groups excluding carboxylic acids is 1. The summed E-state index contributed by atoms with van der Waals surface area (Å²) in [5.74, 6) is -0.695. The van der Waals surface area contributed by atoms with E-state index >= 15 is 0 Å². The molecule has 0 atom stereocenters. The predicted octanol–water partition coefficient (Wildman–Crippen LogP) is 3.81. The van der Waals surface area contributed by atoms with Gasteiger partial charge in [-0.1, -0.05) is 17.7 Å². The molecule has 0 bridgehead atoms. The van der Waals surface area contributed by atoms with E-state index in [4.69, 9.17) is 11.6 Å².